The summed E-state index contributed by atoms with van der Waals surface area (Å²) < 4.78 is 0. The summed E-state index contributed by atoms with van der Waals surface area (Å²) in [7, 11) is 3.92. The van der Waals surface area contributed by atoms with Gasteiger partial charge in [0.2, 0.25) is 5.91 Å². The molecule has 0 saturated carbocycles. The van der Waals surface area contributed by atoms with Crippen molar-refractivity contribution in [2.45, 2.75) is 13.5 Å². The highest BCUT2D eigenvalue weighted by Gasteiger charge is 2.10. The van der Waals surface area contributed by atoms with Crippen LogP contribution < -0.4 is 0 Å². The van der Waals surface area contributed by atoms with Gasteiger partial charge in [-0.3, -0.25) is 4.79 Å². The van der Waals surface area contributed by atoms with Crippen molar-refractivity contribution in [3.8, 4) is 0 Å². The summed E-state index contributed by atoms with van der Waals surface area (Å²) in [6, 6.07) is 6.61. The van der Waals surface area contributed by atoms with Crippen LogP contribution in [0, 0.1) is 0 Å². The van der Waals surface area contributed by atoms with E-state index in [-0.39, 0.29) is 11.5 Å². The van der Waals surface area contributed by atoms with Crippen molar-refractivity contribution >= 4 is 11.9 Å². The van der Waals surface area contributed by atoms with Gasteiger partial charge in [0.15, 0.2) is 0 Å². The smallest absolute Gasteiger partial charge is 0.335 e. The van der Waals surface area contributed by atoms with Gasteiger partial charge in [0, 0.05) is 26.6 Å². The largest absolute Gasteiger partial charge is 0.478 e. The van der Waals surface area contributed by atoms with Gasteiger partial charge in [0.1, 0.15) is 0 Å². The van der Waals surface area contributed by atoms with Gasteiger partial charge in [-0.1, -0.05) is 12.1 Å². The number of nitrogens with zero attached hydrogens (tertiary/aromatic N) is 2. The number of likely N-dealkylation sites (N-methyl/N-ethyl adjacent to an activating group) is 1. The zero-order valence-corrected chi connectivity index (χ0v) is 11.6. The van der Waals surface area contributed by atoms with Crippen LogP contribution in [-0.2, 0) is 11.3 Å². The molecule has 0 saturated heterocycles. The molecule has 0 unspecified atom stereocenters. The number of carboxylic acid groups (broad SMARTS) is 1. The number of rotatable bonds is 6. The lowest BCUT2D eigenvalue weighted by molar-refractivity contribution is -0.129. The van der Waals surface area contributed by atoms with Crippen molar-refractivity contribution in [1.29, 1.82) is 0 Å². The summed E-state index contributed by atoms with van der Waals surface area (Å²) in [5.74, 6) is -0.924. The molecule has 0 fully saturated rings. The van der Waals surface area contributed by atoms with Gasteiger partial charge in [-0.15, -0.1) is 0 Å². The number of aromatic carboxylic acids is 1. The molecule has 0 heterocycles. The van der Waals surface area contributed by atoms with Crippen LogP contribution in [0.2, 0.25) is 0 Å². The lowest BCUT2D eigenvalue weighted by Crippen LogP contribution is -2.34. The minimum absolute atomic E-state index is 0.0177. The van der Waals surface area contributed by atoms with Gasteiger partial charge >= 0.3 is 5.97 Å². The summed E-state index contributed by atoms with van der Waals surface area (Å²) in [5, 5.41) is 8.82. The molecule has 1 rings (SSSR count). The maximum absolute atomic E-state index is 11.5. The van der Waals surface area contributed by atoms with Crippen LogP contribution in [0.25, 0.3) is 0 Å². The summed E-state index contributed by atoms with van der Waals surface area (Å²) in [5.41, 5.74) is 1.19. The van der Waals surface area contributed by atoms with Gasteiger partial charge < -0.3 is 14.9 Å². The first-order chi connectivity index (χ1) is 8.90. The highest BCUT2D eigenvalue weighted by atomic mass is 16.4. The van der Waals surface area contributed by atoms with E-state index in [1.54, 1.807) is 36.1 Å². The number of carbonyl (C=O) groups is 2. The zero-order valence-electron chi connectivity index (χ0n) is 11.6. The lowest BCUT2D eigenvalue weighted by atomic mass is 10.1. The van der Waals surface area contributed by atoms with E-state index in [0.717, 1.165) is 12.1 Å². The SMILES string of the molecule is CC(=O)N(CCN(C)C)Cc1ccc(C(=O)O)cc1. The molecule has 0 atom stereocenters. The maximum atomic E-state index is 11.5. The minimum Gasteiger partial charge on any atom is -0.478 e. The van der Waals surface area contributed by atoms with Crippen molar-refractivity contribution in [2.24, 2.45) is 0 Å². The second-order valence-corrected chi connectivity index (χ2v) is 4.75. The van der Waals surface area contributed by atoms with Gasteiger partial charge in [-0.25, -0.2) is 4.79 Å². The normalized spacial score (nSPS) is 10.5. The highest BCUT2D eigenvalue weighted by molar-refractivity contribution is 5.87. The van der Waals surface area contributed by atoms with Crippen LogP contribution in [0.5, 0.6) is 0 Å². The number of benzene rings is 1. The first-order valence-corrected chi connectivity index (χ1v) is 6.12. The monoisotopic (exact) mass is 264 g/mol. The number of amides is 1. The number of carboxylic acids is 1. The average Bonchev–Trinajstić information content (AvgIpc) is 2.34. The quantitative estimate of drug-likeness (QED) is 0.841. The van der Waals surface area contributed by atoms with E-state index >= 15 is 0 Å². The highest BCUT2D eigenvalue weighted by Crippen LogP contribution is 2.08. The molecule has 0 aliphatic heterocycles. The molecule has 0 aliphatic rings. The molecule has 1 amide bonds. The predicted molar refractivity (Wildman–Crippen MR) is 73.0 cm³/mol. The second kappa shape index (κ2) is 6.89. The predicted octanol–water partition coefficient (Wildman–Crippen LogP) is 1.29. The minimum atomic E-state index is -0.942. The van der Waals surface area contributed by atoms with Crippen molar-refractivity contribution in [2.75, 3.05) is 27.2 Å². The van der Waals surface area contributed by atoms with Crippen LogP contribution >= 0.6 is 0 Å². The van der Waals surface area contributed by atoms with Crippen LogP contribution in [-0.4, -0.2) is 54.0 Å². The molecule has 1 aromatic rings. The van der Waals surface area contributed by atoms with Crippen molar-refractivity contribution < 1.29 is 14.7 Å². The van der Waals surface area contributed by atoms with Gasteiger partial charge in [-0.05, 0) is 31.8 Å². The van der Waals surface area contributed by atoms with Crippen molar-refractivity contribution in [3.63, 3.8) is 0 Å². The first-order valence-electron chi connectivity index (χ1n) is 6.12. The maximum Gasteiger partial charge on any atom is 0.335 e. The number of hydrogen-bond donors (Lipinski definition) is 1. The molecule has 0 spiro atoms. The molecule has 1 N–H and O–H groups in total. The Kier molecular flexibility index (Phi) is 5.51. The van der Waals surface area contributed by atoms with E-state index < -0.39 is 5.97 Å². The molecule has 0 aromatic heterocycles. The van der Waals surface area contributed by atoms with Crippen molar-refractivity contribution in [1.82, 2.24) is 9.80 Å². The Balaban J connectivity index is 2.68. The Morgan fingerprint density at radius 3 is 2.11 bits per heavy atom. The standard InChI is InChI=1S/C14H20N2O3/c1-11(17)16(9-8-15(2)3)10-12-4-6-13(7-5-12)14(18)19/h4-7H,8-10H2,1-3H3,(H,18,19). The molecular weight excluding hydrogens is 244 g/mol. The summed E-state index contributed by atoms with van der Waals surface area (Å²) in [6.07, 6.45) is 0. The van der Waals surface area contributed by atoms with Crippen LogP contribution in [0.3, 0.4) is 0 Å². The van der Waals surface area contributed by atoms with E-state index in [9.17, 15) is 9.59 Å². The Labute approximate surface area is 113 Å². The fourth-order valence-corrected chi connectivity index (χ4v) is 1.64. The Hall–Kier alpha value is -1.88. The third-order valence-electron chi connectivity index (χ3n) is 2.84. The summed E-state index contributed by atoms with van der Waals surface area (Å²) in [6.45, 7) is 3.50. The number of carbonyl (C=O) groups excluding carboxylic acids is 1. The topological polar surface area (TPSA) is 60.9 Å². The van der Waals surface area contributed by atoms with E-state index in [0.29, 0.717) is 13.1 Å². The molecule has 19 heavy (non-hydrogen) atoms. The molecule has 0 radical (unpaired) electrons. The fourth-order valence-electron chi connectivity index (χ4n) is 1.64. The molecular formula is C14H20N2O3. The van der Waals surface area contributed by atoms with Crippen LogP contribution in [0.4, 0.5) is 0 Å². The molecule has 0 aliphatic carbocycles. The molecule has 5 nitrogen and oxygen atoms in total. The van der Waals surface area contributed by atoms with Crippen LogP contribution in [0.1, 0.15) is 22.8 Å². The Morgan fingerprint density at radius 2 is 1.68 bits per heavy atom. The van der Waals surface area contributed by atoms with Gasteiger partial charge in [0.25, 0.3) is 0 Å². The Bertz CT molecular complexity index is 441. The lowest BCUT2D eigenvalue weighted by Gasteiger charge is -2.23. The van der Waals surface area contributed by atoms with Crippen LogP contribution in [0.15, 0.2) is 24.3 Å². The van der Waals surface area contributed by atoms with Crippen molar-refractivity contribution in [3.05, 3.63) is 35.4 Å². The first kappa shape index (κ1) is 15.2. The molecule has 1 aromatic carbocycles. The summed E-state index contributed by atoms with van der Waals surface area (Å²) in [4.78, 5) is 26.1. The van der Waals surface area contributed by atoms with E-state index in [1.165, 1.54) is 0 Å². The fraction of sp³-hybridized carbons (Fsp3) is 0.429. The third kappa shape index (κ3) is 5.09. The second-order valence-electron chi connectivity index (χ2n) is 4.75. The zero-order chi connectivity index (χ0) is 14.4. The number of hydrogen-bond acceptors (Lipinski definition) is 3. The molecule has 5 heteroatoms. The van der Waals surface area contributed by atoms with E-state index in [2.05, 4.69) is 0 Å². The van der Waals surface area contributed by atoms with Gasteiger partial charge in [-0.2, -0.15) is 0 Å². The Morgan fingerprint density at radius 1 is 1.11 bits per heavy atom. The van der Waals surface area contributed by atoms with Gasteiger partial charge in [0.05, 0.1) is 5.56 Å². The van der Waals surface area contributed by atoms with E-state index in [4.69, 9.17) is 5.11 Å². The molecule has 0 bridgehead atoms. The van der Waals surface area contributed by atoms with E-state index in [1.807, 2.05) is 19.0 Å². The summed E-state index contributed by atoms with van der Waals surface area (Å²) >= 11 is 0. The third-order valence-corrected chi connectivity index (χ3v) is 2.84. The average molecular weight is 264 g/mol. The molecule has 104 valence electrons.